The molecular formula is C14H13ClFNS. The van der Waals surface area contributed by atoms with E-state index in [4.69, 9.17) is 17.3 Å². The van der Waals surface area contributed by atoms with Crippen LogP contribution < -0.4 is 5.73 Å². The van der Waals surface area contributed by atoms with Gasteiger partial charge in [-0.05, 0) is 36.8 Å². The van der Waals surface area contributed by atoms with E-state index >= 15 is 0 Å². The number of hydrogen-bond donors (Lipinski definition) is 1. The minimum absolute atomic E-state index is 0.0602. The Morgan fingerprint density at radius 2 is 1.89 bits per heavy atom. The highest BCUT2D eigenvalue weighted by Crippen LogP contribution is 2.35. The standard InChI is InChI=1S/C14H13ClFNS/c1-9(17)10-6-7-13(11(15)8-10)18-14-5-3-2-4-12(14)16/h2-9H,17H2,1H3. The fraction of sp³-hybridized carbons (Fsp3) is 0.143. The number of benzene rings is 2. The molecule has 0 spiro atoms. The molecule has 0 saturated heterocycles. The first-order valence-corrected chi connectivity index (χ1v) is 6.75. The van der Waals surface area contributed by atoms with Crippen LogP contribution >= 0.6 is 23.4 Å². The third kappa shape index (κ3) is 3.05. The predicted octanol–water partition coefficient (Wildman–Crippen LogP) is 4.65. The SMILES string of the molecule is CC(N)c1ccc(Sc2ccccc2F)c(Cl)c1. The Kier molecular flexibility index (Phi) is 4.27. The molecule has 1 atom stereocenters. The minimum Gasteiger partial charge on any atom is -0.324 e. The molecule has 4 heteroatoms. The summed E-state index contributed by atoms with van der Waals surface area (Å²) in [5.41, 5.74) is 6.75. The van der Waals surface area contributed by atoms with Crippen LogP contribution in [0.5, 0.6) is 0 Å². The van der Waals surface area contributed by atoms with E-state index in [0.717, 1.165) is 10.5 Å². The molecule has 0 aromatic heterocycles. The number of halogens is 2. The Morgan fingerprint density at radius 3 is 2.50 bits per heavy atom. The molecule has 0 bridgehead atoms. The van der Waals surface area contributed by atoms with Gasteiger partial charge in [-0.1, -0.05) is 41.6 Å². The van der Waals surface area contributed by atoms with Gasteiger partial charge in [-0.15, -0.1) is 0 Å². The summed E-state index contributed by atoms with van der Waals surface area (Å²) in [7, 11) is 0. The molecule has 18 heavy (non-hydrogen) atoms. The van der Waals surface area contributed by atoms with Crippen LogP contribution in [0.1, 0.15) is 18.5 Å². The van der Waals surface area contributed by atoms with Crippen molar-refractivity contribution in [2.75, 3.05) is 0 Å². The van der Waals surface area contributed by atoms with Gasteiger partial charge in [0.05, 0.1) is 5.02 Å². The number of nitrogens with two attached hydrogens (primary N) is 1. The highest BCUT2D eigenvalue weighted by Gasteiger charge is 2.08. The van der Waals surface area contributed by atoms with Crippen molar-refractivity contribution in [2.45, 2.75) is 22.8 Å². The minimum atomic E-state index is -0.241. The molecule has 2 N–H and O–H groups in total. The molecule has 0 radical (unpaired) electrons. The van der Waals surface area contributed by atoms with Gasteiger partial charge in [0.25, 0.3) is 0 Å². The lowest BCUT2D eigenvalue weighted by atomic mass is 10.1. The van der Waals surface area contributed by atoms with E-state index in [2.05, 4.69) is 0 Å². The second-order valence-corrected chi connectivity index (χ2v) is 5.50. The van der Waals surface area contributed by atoms with Crippen LogP contribution in [0.3, 0.4) is 0 Å². The first-order chi connectivity index (χ1) is 8.58. The highest BCUT2D eigenvalue weighted by atomic mass is 35.5. The van der Waals surface area contributed by atoms with E-state index < -0.39 is 0 Å². The van der Waals surface area contributed by atoms with Crippen LogP contribution in [0.15, 0.2) is 52.3 Å². The van der Waals surface area contributed by atoms with Crippen LogP contribution in [0.2, 0.25) is 5.02 Å². The van der Waals surface area contributed by atoms with Gasteiger partial charge in [-0.2, -0.15) is 0 Å². The molecule has 0 aliphatic rings. The predicted molar refractivity (Wildman–Crippen MR) is 74.6 cm³/mol. The van der Waals surface area contributed by atoms with E-state index in [1.165, 1.54) is 17.8 Å². The zero-order chi connectivity index (χ0) is 13.1. The Hall–Kier alpha value is -1.03. The monoisotopic (exact) mass is 281 g/mol. The topological polar surface area (TPSA) is 26.0 Å². The summed E-state index contributed by atoms with van der Waals surface area (Å²) in [6.07, 6.45) is 0. The lowest BCUT2D eigenvalue weighted by molar-refractivity contribution is 0.602. The zero-order valence-corrected chi connectivity index (χ0v) is 11.4. The second kappa shape index (κ2) is 5.74. The van der Waals surface area contributed by atoms with E-state index in [1.54, 1.807) is 18.2 Å². The highest BCUT2D eigenvalue weighted by molar-refractivity contribution is 7.99. The lowest BCUT2D eigenvalue weighted by Crippen LogP contribution is -2.04. The van der Waals surface area contributed by atoms with Gasteiger partial charge in [0, 0.05) is 15.8 Å². The summed E-state index contributed by atoms with van der Waals surface area (Å²) in [4.78, 5) is 1.39. The van der Waals surface area contributed by atoms with Gasteiger partial charge in [0.2, 0.25) is 0 Å². The van der Waals surface area contributed by atoms with Crippen molar-refractivity contribution in [1.82, 2.24) is 0 Å². The van der Waals surface area contributed by atoms with Crippen molar-refractivity contribution in [3.8, 4) is 0 Å². The molecule has 0 fully saturated rings. The third-order valence-corrected chi connectivity index (χ3v) is 4.09. The summed E-state index contributed by atoms with van der Waals surface area (Å²) in [5.74, 6) is -0.241. The van der Waals surface area contributed by atoms with Crippen molar-refractivity contribution in [3.63, 3.8) is 0 Å². The van der Waals surface area contributed by atoms with Crippen molar-refractivity contribution in [3.05, 3.63) is 58.9 Å². The van der Waals surface area contributed by atoms with Crippen molar-refractivity contribution in [1.29, 1.82) is 0 Å². The summed E-state index contributed by atoms with van der Waals surface area (Å²) in [5, 5.41) is 0.595. The van der Waals surface area contributed by atoms with Crippen molar-refractivity contribution in [2.24, 2.45) is 5.73 Å². The van der Waals surface area contributed by atoms with Gasteiger partial charge in [0.15, 0.2) is 0 Å². The van der Waals surface area contributed by atoms with Crippen LogP contribution in [0.4, 0.5) is 4.39 Å². The Morgan fingerprint density at radius 1 is 1.17 bits per heavy atom. The lowest BCUT2D eigenvalue weighted by Gasteiger charge is -2.09. The first kappa shape index (κ1) is 13.4. The second-order valence-electron chi connectivity index (χ2n) is 4.01. The van der Waals surface area contributed by atoms with Crippen LogP contribution in [0, 0.1) is 5.82 Å². The van der Waals surface area contributed by atoms with Gasteiger partial charge < -0.3 is 5.73 Å². The fourth-order valence-electron chi connectivity index (χ4n) is 1.53. The fourth-order valence-corrected chi connectivity index (χ4v) is 2.68. The first-order valence-electron chi connectivity index (χ1n) is 5.55. The third-order valence-electron chi connectivity index (χ3n) is 2.54. The van der Waals surface area contributed by atoms with Gasteiger partial charge in [-0.25, -0.2) is 4.39 Å². The van der Waals surface area contributed by atoms with Gasteiger partial charge >= 0.3 is 0 Å². The Labute approximate surface area is 115 Å². The van der Waals surface area contributed by atoms with Crippen LogP contribution in [-0.2, 0) is 0 Å². The Bertz CT molecular complexity index is 557. The van der Waals surface area contributed by atoms with E-state index in [9.17, 15) is 4.39 Å². The van der Waals surface area contributed by atoms with Crippen LogP contribution in [-0.4, -0.2) is 0 Å². The summed E-state index contributed by atoms with van der Waals surface area (Å²) < 4.78 is 13.5. The molecular weight excluding hydrogens is 269 g/mol. The molecule has 1 unspecified atom stereocenters. The molecule has 0 amide bonds. The maximum absolute atomic E-state index is 13.5. The number of hydrogen-bond acceptors (Lipinski definition) is 2. The molecule has 0 saturated carbocycles. The molecule has 2 aromatic rings. The summed E-state index contributed by atoms with van der Waals surface area (Å²) in [6, 6.07) is 12.2. The molecule has 0 heterocycles. The van der Waals surface area contributed by atoms with E-state index in [0.29, 0.717) is 9.92 Å². The molecule has 0 aliphatic heterocycles. The van der Waals surface area contributed by atoms with E-state index in [1.807, 2.05) is 25.1 Å². The van der Waals surface area contributed by atoms with Crippen molar-refractivity contribution < 1.29 is 4.39 Å². The zero-order valence-electron chi connectivity index (χ0n) is 9.86. The Balaban J connectivity index is 2.28. The van der Waals surface area contributed by atoms with Crippen LogP contribution in [0.25, 0.3) is 0 Å². The summed E-state index contributed by atoms with van der Waals surface area (Å²) in [6.45, 7) is 1.90. The quantitative estimate of drug-likeness (QED) is 0.886. The van der Waals surface area contributed by atoms with Crippen molar-refractivity contribution >= 4 is 23.4 Å². The molecule has 94 valence electrons. The average Bonchev–Trinajstić information content (AvgIpc) is 2.34. The number of rotatable bonds is 3. The summed E-state index contributed by atoms with van der Waals surface area (Å²) >= 11 is 7.49. The average molecular weight is 282 g/mol. The normalized spacial score (nSPS) is 12.4. The molecule has 1 nitrogen and oxygen atoms in total. The smallest absolute Gasteiger partial charge is 0.137 e. The van der Waals surface area contributed by atoms with Gasteiger partial charge in [0.1, 0.15) is 5.82 Å². The molecule has 0 aliphatic carbocycles. The maximum atomic E-state index is 13.5. The maximum Gasteiger partial charge on any atom is 0.137 e. The van der Waals surface area contributed by atoms with Gasteiger partial charge in [-0.3, -0.25) is 0 Å². The van der Waals surface area contributed by atoms with E-state index in [-0.39, 0.29) is 11.9 Å². The largest absolute Gasteiger partial charge is 0.324 e. The molecule has 2 rings (SSSR count). The molecule has 2 aromatic carbocycles.